The van der Waals surface area contributed by atoms with E-state index in [0.29, 0.717) is 42.2 Å². The lowest BCUT2D eigenvalue weighted by atomic mass is 10.2. The van der Waals surface area contributed by atoms with Crippen molar-refractivity contribution in [1.29, 1.82) is 0 Å². The summed E-state index contributed by atoms with van der Waals surface area (Å²) in [6.07, 6.45) is -0.0956. The highest BCUT2D eigenvalue weighted by molar-refractivity contribution is 14.0. The number of aliphatic imine (C=N–C) groups is 1. The first-order valence-electron chi connectivity index (χ1n) is 9.92. The fraction of sp³-hybridized carbons (Fsp3) is 0.318. The maximum absolute atomic E-state index is 5.96. The van der Waals surface area contributed by atoms with Crippen LogP contribution < -0.4 is 24.8 Å². The van der Waals surface area contributed by atoms with Crippen molar-refractivity contribution in [2.75, 3.05) is 27.8 Å². The van der Waals surface area contributed by atoms with Gasteiger partial charge in [-0.05, 0) is 43.3 Å². The Balaban J connectivity index is 0.00000363. The number of methoxy groups -OCH3 is 2. The van der Waals surface area contributed by atoms with Crippen LogP contribution in [0.1, 0.15) is 12.7 Å². The number of H-pyrrole nitrogens is 1. The number of ether oxygens (including phenoxy) is 3. The molecule has 9 nitrogen and oxygen atoms in total. The van der Waals surface area contributed by atoms with E-state index in [9.17, 15) is 0 Å². The van der Waals surface area contributed by atoms with Crippen LogP contribution in [0.5, 0.6) is 17.2 Å². The van der Waals surface area contributed by atoms with Crippen molar-refractivity contribution in [3.8, 4) is 28.6 Å². The first kappa shape index (κ1) is 25.2. The average Bonchev–Trinajstić information content (AvgIpc) is 3.28. The molecule has 10 heteroatoms. The molecule has 0 spiro atoms. The molecule has 0 aliphatic rings. The topological polar surface area (TPSA) is 106 Å². The minimum atomic E-state index is -0.0956. The van der Waals surface area contributed by atoms with E-state index in [4.69, 9.17) is 14.2 Å². The summed E-state index contributed by atoms with van der Waals surface area (Å²) in [6.45, 7) is 2.99. The van der Waals surface area contributed by atoms with Crippen LogP contribution in [0.4, 0.5) is 0 Å². The lowest BCUT2D eigenvalue weighted by Crippen LogP contribution is -2.41. The fourth-order valence-electron chi connectivity index (χ4n) is 2.85. The normalized spacial score (nSPS) is 11.8. The molecule has 32 heavy (non-hydrogen) atoms. The van der Waals surface area contributed by atoms with Gasteiger partial charge in [0.2, 0.25) is 0 Å². The van der Waals surface area contributed by atoms with Gasteiger partial charge in [-0.2, -0.15) is 5.10 Å². The average molecular weight is 552 g/mol. The first-order chi connectivity index (χ1) is 15.1. The number of para-hydroxylation sites is 2. The minimum absolute atomic E-state index is 0. The SMILES string of the molecule is CN=C(NCc1nc(-c2ccc(OC)cc2)n[nH]1)NCC(C)Oc1ccccc1OC.I. The molecule has 1 heterocycles. The van der Waals surface area contributed by atoms with E-state index in [1.807, 2.05) is 55.5 Å². The molecular formula is C22H29IN6O3. The molecule has 0 saturated carbocycles. The molecular weight excluding hydrogens is 523 g/mol. The summed E-state index contributed by atoms with van der Waals surface area (Å²) in [4.78, 5) is 8.76. The molecule has 3 N–H and O–H groups in total. The maximum Gasteiger partial charge on any atom is 0.191 e. The maximum atomic E-state index is 5.96. The van der Waals surface area contributed by atoms with Gasteiger partial charge in [0.15, 0.2) is 23.3 Å². The third kappa shape index (κ3) is 7.01. The molecule has 172 valence electrons. The van der Waals surface area contributed by atoms with Crippen LogP contribution in [0.3, 0.4) is 0 Å². The van der Waals surface area contributed by atoms with Crippen LogP contribution >= 0.6 is 24.0 Å². The molecule has 1 unspecified atom stereocenters. The molecule has 0 fully saturated rings. The third-order valence-corrected chi connectivity index (χ3v) is 4.48. The second-order valence-electron chi connectivity index (χ2n) is 6.72. The Morgan fingerprint density at radius 2 is 1.75 bits per heavy atom. The van der Waals surface area contributed by atoms with Gasteiger partial charge >= 0.3 is 0 Å². The Labute approximate surface area is 205 Å². The van der Waals surface area contributed by atoms with Gasteiger partial charge in [0.1, 0.15) is 17.7 Å². The molecule has 3 aromatic rings. The third-order valence-electron chi connectivity index (χ3n) is 4.48. The van der Waals surface area contributed by atoms with E-state index in [0.717, 1.165) is 11.3 Å². The molecule has 2 aromatic carbocycles. The van der Waals surface area contributed by atoms with Gasteiger partial charge in [-0.3, -0.25) is 10.1 Å². The summed E-state index contributed by atoms with van der Waals surface area (Å²) in [5.74, 6) is 4.16. The van der Waals surface area contributed by atoms with Gasteiger partial charge in [-0.25, -0.2) is 4.98 Å². The highest BCUT2D eigenvalue weighted by Gasteiger charge is 2.10. The van der Waals surface area contributed by atoms with Crippen LogP contribution in [0.15, 0.2) is 53.5 Å². The summed E-state index contributed by atoms with van der Waals surface area (Å²) >= 11 is 0. The summed E-state index contributed by atoms with van der Waals surface area (Å²) < 4.78 is 16.5. The quantitative estimate of drug-likeness (QED) is 0.213. The fourth-order valence-corrected chi connectivity index (χ4v) is 2.85. The Morgan fingerprint density at radius 1 is 1.03 bits per heavy atom. The van der Waals surface area contributed by atoms with Gasteiger partial charge < -0.3 is 24.8 Å². The summed E-state index contributed by atoms with van der Waals surface area (Å²) in [6, 6.07) is 15.2. The summed E-state index contributed by atoms with van der Waals surface area (Å²) in [5.41, 5.74) is 0.910. The van der Waals surface area contributed by atoms with E-state index >= 15 is 0 Å². The van der Waals surface area contributed by atoms with E-state index in [-0.39, 0.29) is 30.1 Å². The first-order valence-corrected chi connectivity index (χ1v) is 9.92. The van der Waals surface area contributed by atoms with Gasteiger partial charge in [-0.1, -0.05) is 12.1 Å². The van der Waals surface area contributed by atoms with Crippen LogP contribution in [-0.2, 0) is 6.54 Å². The number of hydrogen-bond donors (Lipinski definition) is 3. The minimum Gasteiger partial charge on any atom is -0.497 e. The van der Waals surface area contributed by atoms with Gasteiger partial charge in [-0.15, -0.1) is 24.0 Å². The number of aromatic nitrogens is 3. The lowest BCUT2D eigenvalue weighted by molar-refractivity contribution is 0.213. The van der Waals surface area contributed by atoms with E-state index < -0.39 is 0 Å². The van der Waals surface area contributed by atoms with Crippen molar-refractivity contribution in [1.82, 2.24) is 25.8 Å². The number of hydrogen-bond acceptors (Lipinski definition) is 6. The van der Waals surface area contributed by atoms with Gasteiger partial charge in [0.25, 0.3) is 0 Å². The Bertz CT molecular complexity index is 993. The molecule has 0 saturated heterocycles. The predicted molar refractivity (Wildman–Crippen MR) is 135 cm³/mol. The van der Waals surface area contributed by atoms with Crippen LogP contribution in [0.2, 0.25) is 0 Å². The van der Waals surface area contributed by atoms with Crippen LogP contribution in [0.25, 0.3) is 11.4 Å². The number of benzene rings is 2. The zero-order chi connectivity index (χ0) is 22.1. The van der Waals surface area contributed by atoms with Crippen molar-refractivity contribution in [3.63, 3.8) is 0 Å². The molecule has 0 amide bonds. The number of halogens is 1. The number of nitrogens with zero attached hydrogens (tertiary/aromatic N) is 3. The van der Waals surface area contributed by atoms with Crippen molar-refractivity contribution < 1.29 is 14.2 Å². The highest BCUT2D eigenvalue weighted by Crippen LogP contribution is 2.26. The molecule has 0 bridgehead atoms. The van der Waals surface area contributed by atoms with E-state index in [1.54, 1.807) is 21.3 Å². The van der Waals surface area contributed by atoms with E-state index in [2.05, 4.69) is 30.8 Å². The monoisotopic (exact) mass is 552 g/mol. The molecule has 0 aliphatic carbocycles. The van der Waals surface area contributed by atoms with Crippen LogP contribution in [-0.4, -0.2) is 55.1 Å². The standard InChI is InChI=1S/C22H28N6O3.HI/c1-15(31-19-8-6-5-7-18(19)30-4)13-24-22(23-2)25-14-20-26-21(28-27-20)16-9-11-17(29-3)12-10-16;/h5-12,15H,13-14H2,1-4H3,(H2,23,24,25)(H,26,27,28);1H. The number of aromatic amines is 1. The van der Waals surface area contributed by atoms with Crippen molar-refractivity contribution in [2.45, 2.75) is 19.6 Å². The second kappa shape index (κ2) is 12.7. The van der Waals surface area contributed by atoms with Crippen molar-refractivity contribution >= 4 is 29.9 Å². The summed E-state index contributed by atoms with van der Waals surface area (Å²) in [5, 5.41) is 13.7. The molecule has 1 aromatic heterocycles. The smallest absolute Gasteiger partial charge is 0.191 e. The summed E-state index contributed by atoms with van der Waals surface area (Å²) in [7, 11) is 4.97. The largest absolute Gasteiger partial charge is 0.497 e. The number of rotatable bonds is 9. The zero-order valence-electron chi connectivity index (χ0n) is 18.6. The lowest BCUT2D eigenvalue weighted by Gasteiger charge is -2.18. The van der Waals surface area contributed by atoms with Crippen molar-refractivity contribution in [3.05, 3.63) is 54.4 Å². The second-order valence-corrected chi connectivity index (χ2v) is 6.72. The highest BCUT2D eigenvalue weighted by atomic mass is 127. The zero-order valence-corrected chi connectivity index (χ0v) is 20.9. The molecule has 0 radical (unpaired) electrons. The number of guanidine groups is 1. The molecule has 3 rings (SSSR count). The molecule has 0 aliphatic heterocycles. The predicted octanol–water partition coefficient (Wildman–Crippen LogP) is 3.24. The Morgan fingerprint density at radius 3 is 2.41 bits per heavy atom. The Kier molecular flexibility index (Phi) is 10.1. The number of nitrogens with one attached hydrogen (secondary N) is 3. The van der Waals surface area contributed by atoms with Crippen molar-refractivity contribution in [2.24, 2.45) is 4.99 Å². The van der Waals surface area contributed by atoms with E-state index in [1.165, 1.54) is 0 Å². The van der Waals surface area contributed by atoms with Gasteiger partial charge in [0, 0.05) is 12.6 Å². The Hall–Kier alpha value is -3.02. The molecule has 1 atom stereocenters. The van der Waals surface area contributed by atoms with Gasteiger partial charge in [0.05, 0.1) is 27.3 Å². The van der Waals surface area contributed by atoms with Crippen LogP contribution in [0, 0.1) is 0 Å².